The zero-order chi connectivity index (χ0) is 29.6. The summed E-state index contributed by atoms with van der Waals surface area (Å²) in [6.45, 7) is 4.79. The van der Waals surface area contributed by atoms with Crippen LogP contribution in [0.2, 0.25) is 0 Å². The van der Waals surface area contributed by atoms with Crippen LogP contribution in [0.4, 0.5) is 5.69 Å². The van der Waals surface area contributed by atoms with E-state index < -0.39 is 0 Å². The number of rotatable bonds is 10. The molecule has 2 fully saturated rings. The van der Waals surface area contributed by atoms with Crippen LogP contribution in [0.1, 0.15) is 81.8 Å². The maximum absolute atomic E-state index is 14.2. The number of ketones is 1. The van der Waals surface area contributed by atoms with E-state index in [-0.39, 0.29) is 17.7 Å². The van der Waals surface area contributed by atoms with Crippen LogP contribution in [0.25, 0.3) is 10.4 Å². The molecule has 2 aromatic carbocycles. The maximum atomic E-state index is 14.2. The summed E-state index contributed by atoms with van der Waals surface area (Å²) in [5.74, 6) is 2.58. The smallest absolute Gasteiger partial charge is 0.273 e. The first-order valence-corrected chi connectivity index (χ1v) is 16.3. The molecular weight excluding hydrogens is 544 g/mol. The first-order chi connectivity index (χ1) is 20.4. The Morgan fingerprint density at radius 1 is 0.929 bits per heavy atom. The maximum Gasteiger partial charge on any atom is 0.273 e. The summed E-state index contributed by atoms with van der Waals surface area (Å²) in [5.41, 5.74) is 4.57. The number of ether oxygens (including phenoxy) is 2. The number of carbonyl (C=O) groups excluding carboxylic acids is 2. The molecule has 42 heavy (non-hydrogen) atoms. The molecule has 0 atom stereocenters. The van der Waals surface area contributed by atoms with Gasteiger partial charge in [-0.3, -0.25) is 9.59 Å². The van der Waals surface area contributed by atoms with Crippen LogP contribution >= 0.6 is 11.3 Å². The Labute approximate surface area is 254 Å². The second-order valence-electron chi connectivity index (χ2n) is 12.0. The summed E-state index contributed by atoms with van der Waals surface area (Å²) in [7, 11) is 3.35. The van der Waals surface area contributed by atoms with Crippen molar-refractivity contribution in [2.45, 2.75) is 77.6 Å². The summed E-state index contributed by atoms with van der Waals surface area (Å²) in [4.78, 5) is 34.0. The Hall–Kier alpha value is -3.19. The van der Waals surface area contributed by atoms with Crippen LogP contribution in [-0.2, 0) is 9.59 Å². The highest BCUT2D eigenvalue weighted by Crippen LogP contribution is 2.40. The van der Waals surface area contributed by atoms with E-state index in [4.69, 9.17) is 9.47 Å². The molecule has 1 aromatic heterocycles. The van der Waals surface area contributed by atoms with Gasteiger partial charge >= 0.3 is 0 Å². The number of aryl methyl sites for hydroxylation is 1. The number of thiazole rings is 1. The minimum atomic E-state index is -0.0309. The van der Waals surface area contributed by atoms with E-state index in [2.05, 4.69) is 53.2 Å². The first kappa shape index (κ1) is 30.3. The average molecular weight is 589 g/mol. The third-order valence-corrected chi connectivity index (χ3v) is 10.4. The Balaban J connectivity index is 1.33. The molecule has 2 aliphatic carbocycles. The Morgan fingerprint density at radius 3 is 2.31 bits per heavy atom. The lowest BCUT2D eigenvalue weighted by molar-refractivity contribution is -0.127. The standard InChI is InChI=1S/C35H44N2O4S/c1-5-31(38)26-13-15-27(16-14-26)34(39)37(30-8-6-7-29(20-30)33-21-36-35(41-4)42-33)22-24-9-11-25(12-10-24)28-17-18-32(40-3)23(2)19-28/h6-8,17-21,24-27H,5,9-16,22H2,1-4H3. The molecule has 2 aliphatic rings. The Morgan fingerprint density at radius 2 is 1.67 bits per heavy atom. The van der Waals surface area contributed by atoms with E-state index in [1.807, 2.05) is 19.2 Å². The first-order valence-electron chi connectivity index (χ1n) is 15.5. The fraction of sp³-hybridized carbons (Fsp3) is 0.514. The number of hydrogen-bond donors (Lipinski definition) is 0. The topological polar surface area (TPSA) is 68.7 Å². The zero-order valence-corrected chi connectivity index (χ0v) is 26.3. The molecule has 0 saturated heterocycles. The largest absolute Gasteiger partial charge is 0.496 e. The van der Waals surface area contributed by atoms with E-state index in [0.717, 1.165) is 79.8 Å². The third kappa shape index (κ3) is 6.88. The number of carbonyl (C=O) groups is 2. The van der Waals surface area contributed by atoms with Crippen molar-refractivity contribution in [1.29, 1.82) is 0 Å². The van der Waals surface area contributed by atoms with Gasteiger partial charge in [-0.05, 0) is 105 Å². The fourth-order valence-corrected chi connectivity index (χ4v) is 7.63. The van der Waals surface area contributed by atoms with Crippen molar-refractivity contribution in [3.63, 3.8) is 0 Å². The minimum Gasteiger partial charge on any atom is -0.496 e. The lowest BCUT2D eigenvalue weighted by Crippen LogP contribution is -2.41. The second-order valence-corrected chi connectivity index (χ2v) is 13.0. The summed E-state index contributed by atoms with van der Waals surface area (Å²) in [6, 6.07) is 14.9. The highest BCUT2D eigenvalue weighted by Gasteiger charge is 2.34. The van der Waals surface area contributed by atoms with Gasteiger partial charge in [-0.2, -0.15) is 0 Å². The molecule has 0 bridgehead atoms. The van der Waals surface area contributed by atoms with Gasteiger partial charge in [-0.25, -0.2) is 4.98 Å². The van der Waals surface area contributed by atoms with E-state index in [0.29, 0.717) is 29.2 Å². The molecule has 2 saturated carbocycles. The number of anilines is 1. The number of methoxy groups -OCH3 is 2. The molecule has 3 aromatic rings. The minimum absolute atomic E-state index is 0.0309. The molecule has 224 valence electrons. The van der Waals surface area contributed by atoms with E-state index in [1.165, 1.54) is 22.5 Å². The van der Waals surface area contributed by atoms with Gasteiger partial charge in [0, 0.05) is 36.7 Å². The molecule has 0 N–H and O–H groups in total. The molecule has 1 amide bonds. The molecule has 1 heterocycles. The quantitative estimate of drug-likeness (QED) is 0.239. The summed E-state index contributed by atoms with van der Waals surface area (Å²) < 4.78 is 10.8. The SMILES string of the molecule is CCC(=O)C1CCC(C(=O)N(CC2CCC(c3ccc(OC)c(C)c3)CC2)c2cccc(-c3cnc(OC)s3)c2)CC1. The summed E-state index contributed by atoms with van der Waals surface area (Å²) >= 11 is 1.51. The predicted molar refractivity (Wildman–Crippen MR) is 170 cm³/mol. The van der Waals surface area contributed by atoms with Crippen molar-refractivity contribution in [3.05, 3.63) is 59.8 Å². The second kappa shape index (κ2) is 13.9. The van der Waals surface area contributed by atoms with Gasteiger partial charge in [0.25, 0.3) is 5.19 Å². The summed E-state index contributed by atoms with van der Waals surface area (Å²) in [5, 5.41) is 0.630. The van der Waals surface area contributed by atoms with Crippen molar-refractivity contribution in [2.75, 3.05) is 25.7 Å². The normalized spacial score (nSPS) is 22.4. The van der Waals surface area contributed by atoms with Crippen LogP contribution < -0.4 is 14.4 Å². The molecule has 0 unspecified atom stereocenters. The highest BCUT2D eigenvalue weighted by molar-refractivity contribution is 7.16. The Bertz CT molecular complexity index is 1370. The van der Waals surface area contributed by atoms with Gasteiger partial charge in [0.05, 0.1) is 19.1 Å². The van der Waals surface area contributed by atoms with Crippen LogP contribution in [0, 0.1) is 24.7 Å². The fourth-order valence-electron chi connectivity index (χ4n) is 6.90. The van der Waals surface area contributed by atoms with Crippen molar-refractivity contribution in [3.8, 4) is 21.4 Å². The molecule has 5 rings (SSSR count). The third-order valence-electron chi connectivity index (χ3n) is 9.43. The number of Topliss-reactive ketones (excluding diaryl/α,β-unsaturated/α-hetero) is 1. The van der Waals surface area contributed by atoms with Gasteiger partial charge in [-0.1, -0.05) is 42.5 Å². The number of benzene rings is 2. The lowest BCUT2D eigenvalue weighted by atomic mass is 9.77. The van der Waals surface area contributed by atoms with Gasteiger partial charge < -0.3 is 14.4 Å². The van der Waals surface area contributed by atoms with Gasteiger partial charge in [0.2, 0.25) is 5.91 Å². The zero-order valence-electron chi connectivity index (χ0n) is 25.4. The van der Waals surface area contributed by atoms with Crippen LogP contribution in [-0.4, -0.2) is 37.4 Å². The summed E-state index contributed by atoms with van der Waals surface area (Å²) in [6.07, 6.45) is 10.1. The number of hydrogen-bond acceptors (Lipinski definition) is 6. The van der Waals surface area contributed by atoms with Gasteiger partial charge in [0.15, 0.2) is 0 Å². The van der Waals surface area contributed by atoms with Crippen molar-refractivity contribution >= 4 is 28.7 Å². The van der Waals surface area contributed by atoms with Gasteiger partial charge in [0.1, 0.15) is 11.5 Å². The molecule has 0 radical (unpaired) electrons. The van der Waals surface area contributed by atoms with Gasteiger partial charge in [-0.15, -0.1) is 0 Å². The number of nitrogens with zero attached hydrogens (tertiary/aromatic N) is 2. The van der Waals surface area contributed by atoms with Crippen LogP contribution in [0.5, 0.6) is 10.9 Å². The molecular formula is C35H44N2O4S. The van der Waals surface area contributed by atoms with Crippen LogP contribution in [0.3, 0.4) is 0 Å². The lowest BCUT2D eigenvalue weighted by Gasteiger charge is -2.36. The molecule has 6 nitrogen and oxygen atoms in total. The molecule has 7 heteroatoms. The average Bonchev–Trinajstić information content (AvgIpc) is 3.53. The predicted octanol–water partition coefficient (Wildman–Crippen LogP) is 8.23. The van der Waals surface area contributed by atoms with E-state index >= 15 is 0 Å². The number of aromatic nitrogens is 1. The Kier molecular flexibility index (Phi) is 9.99. The van der Waals surface area contributed by atoms with Crippen molar-refractivity contribution in [1.82, 2.24) is 4.98 Å². The number of amides is 1. The molecule has 0 spiro atoms. The van der Waals surface area contributed by atoms with Crippen molar-refractivity contribution < 1.29 is 19.1 Å². The van der Waals surface area contributed by atoms with Crippen molar-refractivity contribution in [2.24, 2.45) is 17.8 Å². The van der Waals surface area contributed by atoms with E-state index in [1.54, 1.807) is 14.2 Å². The highest BCUT2D eigenvalue weighted by atomic mass is 32.1. The molecule has 0 aliphatic heterocycles. The van der Waals surface area contributed by atoms with Crippen LogP contribution in [0.15, 0.2) is 48.7 Å². The monoisotopic (exact) mass is 588 g/mol. The van der Waals surface area contributed by atoms with E-state index in [9.17, 15) is 9.59 Å².